The van der Waals surface area contributed by atoms with Crippen LogP contribution in [0.1, 0.15) is 36.6 Å². The van der Waals surface area contributed by atoms with Crippen molar-refractivity contribution < 1.29 is 0 Å². The predicted octanol–water partition coefficient (Wildman–Crippen LogP) is 11.5. The molecule has 0 spiro atoms. The number of hydrogen-bond donors (Lipinski definition) is 0. The highest BCUT2D eigenvalue weighted by molar-refractivity contribution is 8.01. The van der Waals surface area contributed by atoms with Crippen LogP contribution in [0.25, 0.3) is 73.2 Å². The monoisotopic (exact) mass is 701 g/mol. The SMILES string of the molecule is CC1C=Cc2c(n(C3=CC4c5ccccc5SC4(C)C=C3)c3c2ccc2c4ccccc4n(-c4nc(-c5ccccc5)nc(-c5ccccc5)n4)c23)C1. The molecule has 2 aliphatic carbocycles. The Morgan fingerprint density at radius 3 is 2.09 bits per heavy atom. The average Bonchev–Trinajstić information content (AvgIpc) is 3.82. The lowest BCUT2D eigenvalue weighted by atomic mass is 9.83. The molecule has 1 aliphatic heterocycles. The summed E-state index contributed by atoms with van der Waals surface area (Å²) in [6.45, 7) is 4.70. The largest absolute Gasteiger partial charge is 0.311 e. The van der Waals surface area contributed by atoms with Crippen LogP contribution in [0.4, 0.5) is 0 Å². The van der Waals surface area contributed by atoms with Crippen molar-refractivity contribution in [1.29, 1.82) is 0 Å². The molecule has 0 saturated carbocycles. The Kier molecular flexibility index (Phi) is 6.65. The molecule has 8 aromatic rings. The summed E-state index contributed by atoms with van der Waals surface area (Å²) in [6.07, 6.45) is 13.0. The molecular weight excluding hydrogens is 667 g/mol. The van der Waals surface area contributed by atoms with Gasteiger partial charge >= 0.3 is 0 Å². The van der Waals surface area contributed by atoms with Gasteiger partial charge in [0.2, 0.25) is 5.95 Å². The van der Waals surface area contributed by atoms with Gasteiger partial charge in [0.15, 0.2) is 11.6 Å². The third kappa shape index (κ3) is 4.61. The number of allylic oxidation sites excluding steroid dienone is 4. The fraction of sp³-hybridized carbons (Fsp3) is 0.128. The van der Waals surface area contributed by atoms with Crippen LogP contribution in [0.3, 0.4) is 0 Å². The van der Waals surface area contributed by atoms with Gasteiger partial charge in [-0.3, -0.25) is 4.57 Å². The molecule has 3 unspecified atom stereocenters. The maximum atomic E-state index is 5.28. The van der Waals surface area contributed by atoms with Crippen molar-refractivity contribution in [2.24, 2.45) is 5.92 Å². The van der Waals surface area contributed by atoms with E-state index in [1.807, 2.05) is 48.2 Å². The Balaban J connectivity index is 1.26. The van der Waals surface area contributed by atoms with Gasteiger partial charge in [0.1, 0.15) is 0 Å². The van der Waals surface area contributed by atoms with Crippen molar-refractivity contribution in [3.63, 3.8) is 0 Å². The zero-order chi connectivity index (χ0) is 35.3. The minimum atomic E-state index is -0.0276. The molecule has 0 N–H and O–H groups in total. The van der Waals surface area contributed by atoms with E-state index < -0.39 is 0 Å². The van der Waals surface area contributed by atoms with E-state index in [9.17, 15) is 0 Å². The number of aromatic nitrogens is 5. The number of rotatable bonds is 4. The molecular formula is C47H35N5S. The van der Waals surface area contributed by atoms with Crippen LogP contribution in [0.5, 0.6) is 0 Å². The first-order valence-corrected chi connectivity index (χ1v) is 19.2. The summed E-state index contributed by atoms with van der Waals surface area (Å²) in [5.41, 5.74) is 10.5. The Hall–Kier alpha value is -5.98. The lowest BCUT2D eigenvalue weighted by Gasteiger charge is -2.30. The standard InChI is InChI=1S/C47H35N5S/c1-29-21-22-34-36-24-23-35-33-17-9-11-19-39(33)52(46-49-44(30-13-5-3-6-14-30)48-45(50-46)31-15-7-4-8-16-31)43(35)42(36)51(40(34)27-29)32-25-26-47(2)38(28-32)37-18-10-12-20-41(37)53-47/h3-26,28-29,38H,27H2,1-2H3. The highest BCUT2D eigenvalue weighted by Gasteiger charge is 2.42. The van der Waals surface area contributed by atoms with Gasteiger partial charge in [0, 0.05) is 59.8 Å². The lowest BCUT2D eigenvalue weighted by Crippen LogP contribution is -2.24. The number of para-hydroxylation sites is 1. The topological polar surface area (TPSA) is 48.5 Å². The van der Waals surface area contributed by atoms with Crippen LogP contribution in [0, 0.1) is 5.92 Å². The predicted molar refractivity (Wildman–Crippen MR) is 219 cm³/mol. The Morgan fingerprint density at radius 1 is 0.660 bits per heavy atom. The first-order valence-electron chi connectivity index (χ1n) is 18.4. The van der Waals surface area contributed by atoms with Crippen molar-refractivity contribution in [2.75, 3.05) is 0 Å². The minimum Gasteiger partial charge on any atom is -0.311 e. The second kappa shape index (κ2) is 11.5. The van der Waals surface area contributed by atoms with Crippen LogP contribution >= 0.6 is 11.8 Å². The molecule has 11 rings (SSSR count). The molecule has 5 nitrogen and oxygen atoms in total. The van der Waals surface area contributed by atoms with Crippen LogP contribution in [-0.2, 0) is 6.42 Å². The molecule has 0 saturated heterocycles. The van der Waals surface area contributed by atoms with E-state index in [-0.39, 0.29) is 10.7 Å². The molecule has 3 aromatic heterocycles. The van der Waals surface area contributed by atoms with Crippen LogP contribution < -0.4 is 0 Å². The first kappa shape index (κ1) is 30.6. The molecule has 0 amide bonds. The molecule has 3 atom stereocenters. The Bertz CT molecular complexity index is 2820. The maximum Gasteiger partial charge on any atom is 0.238 e. The van der Waals surface area contributed by atoms with Gasteiger partial charge in [0.05, 0.1) is 16.6 Å². The molecule has 5 aromatic carbocycles. The van der Waals surface area contributed by atoms with E-state index in [0.717, 1.165) is 28.6 Å². The zero-order valence-corrected chi connectivity index (χ0v) is 30.3. The summed E-state index contributed by atoms with van der Waals surface area (Å²) in [5, 5.41) is 3.59. The summed E-state index contributed by atoms with van der Waals surface area (Å²) < 4.78 is 4.84. The van der Waals surface area contributed by atoms with Gasteiger partial charge in [-0.2, -0.15) is 9.97 Å². The summed E-state index contributed by atoms with van der Waals surface area (Å²) in [6, 6.07) is 42.7. The van der Waals surface area contributed by atoms with E-state index in [0.29, 0.717) is 23.5 Å². The maximum absolute atomic E-state index is 5.28. The number of thioether (sulfide) groups is 1. The summed E-state index contributed by atoms with van der Waals surface area (Å²) >= 11 is 1.98. The van der Waals surface area contributed by atoms with Crippen LogP contribution in [0.2, 0.25) is 0 Å². The van der Waals surface area contributed by atoms with Crippen LogP contribution in [-0.4, -0.2) is 28.8 Å². The van der Waals surface area contributed by atoms with Gasteiger partial charge in [0.25, 0.3) is 0 Å². The normalized spacial score (nSPS) is 20.2. The minimum absolute atomic E-state index is 0.0276. The molecule has 254 valence electrons. The van der Waals surface area contributed by atoms with Crippen molar-refractivity contribution in [2.45, 2.75) is 35.8 Å². The van der Waals surface area contributed by atoms with Gasteiger partial charge in [-0.25, -0.2) is 4.98 Å². The molecule has 6 heteroatoms. The van der Waals surface area contributed by atoms with Gasteiger partial charge in [-0.05, 0) is 43.0 Å². The van der Waals surface area contributed by atoms with Crippen molar-refractivity contribution in [3.05, 3.63) is 162 Å². The van der Waals surface area contributed by atoms with E-state index in [1.165, 1.54) is 49.1 Å². The molecule has 53 heavy (non-hydrogen) atoms. The summed E-state index contributed by atoms with van der Waals surface area (Å²) in [7, 11) is 0. The highest BCUT2D eigenvalue weighted by Crippen LogP contribution is 2.57. The summed E-state index contributed by atoms with van der Waals surface area (Å²) in [4.78, 5) is 17.0. The number of nitrogens with zero attached hydrogens (tertiary/aromatic N) is 5. The fourth-order valence-electron chi connectivity index (χ4n) is 8.76. The quantitative estimate of drug-likeness (QED) is 0.183. The Morgan fingerprint density at radius 2 is 1.32 bits per heavy atom. The van der Waals surface area contributed by atoms with Crippen molar-refractivity contribution in [3.8, 4) is 28.7 Å². The summed E-state index contributed by atoms with van der Waals surface area (Å²) in [5.74, 6) is 2.59. The molecule has 3 aliphatic rings. The second-order valence-electron chi connectivity index (χ2n) is 14.7. The molecule has 0 fully saturated rings. The third-order valence-electron chi connectivity index (χ3n) is 11.3. The first-order chi connectivity index (χ1) is 26.0. The number of fused-ring (bicyclic) bond motifs is 10. The van der Waals surface area contributed by atoms with Crippen molar-refractivity contribution >= 4 is 56.2 Å². The fourth-order valence-corrected chi connectivity index (χ4v) is 10.2. The average molecular weight is 702 g/mol. The molecule has 0 bridgehead atoms. The molecule has 0 radical (unpaired) electrons. The smallest absolute Gasteiger partial charge is 0.238 e. The van der Waals surface area contributed by atoms with Gasteiger partial charge in [-0.1, -0.05) is 140 Å². The van der Waals surface area contributed by atoms with Crippen LogP contribution in [0.15, 0.2) is 151 Å². The second-order valence-corrected chi connectivity index (χ2v) is 16.2. The van der Waals surface area contributed by atoms with Gasteiger partial charge < -0.3 is 4.57 Å². The highest BCUT2D eigenvalue weighted by atomic mass is 32.2. The van der Waals surface area contributed by atoms with Crippen molar-refractivity contribution in [1.82, 2.24) is 24.1 Å². The zero-order valence-electron chi connectivity index (χ0n) is 29.4. The third-order valence-corrected chi connectivity index (χ3v) is 12.7. The van der Waals surface area contributed by atoms with Gasteiger partial charge in [-0.15, -0.1) is 11.8 Å². The lowest BCUT2D eigenvalue weighted by molar-refractivity contribution is 0.682. The van der Waals surface area contributed by atoms with E-state index >= 15 is 0 Å². The van der Waals surface area contributed by atoms with E-state index in [4.69, 9.17) is 15.0 Å². The number of benzene rings is 5. The Labute approximate surface area is 312 Å². The van der Waals surface area contributed by atoms with E-state index in [1.54, 1.807) is 0 Å². The van der Waals surface area contributed by atoms with E-state index in [2.05, 4.69) is 138 Å². The molecule has 4 heterocycles. The number of hydrogen-bond acceptors (Lipinski definition) is 4.